The lowest BCUT2D eigenvalue weighted by molar-refractivity contribution is 0.196. The van der Waals surface area contributed by atoms with E-state index in [0.29, 0.717) is 10.0 Å². The lowest BCUT2D eigenvalue weighted by atomic mass is 10.1. The smallest absolute Gasteiger partial charge is 0.0772 e. The maximum atomic E-state index is 9.73. The van der Waals surface area contributed by atoms with Gasteiger partial charge in [0.1, 0.15) is 0 Å². The molecule has 0 heterocycles. The van der Waals surface area contributed by atoms with Crippen molar-refractivity contribution < 1.29 is 5.11 Å². The summed E-state index contributed by atoms with van der Waals surface area (Å²) in [7, 11) is 0. The van der Waals surface area contributed by atoms with Crippen LogP contribution in [-0.4, -0.2) is 5.11 Å². The molecule has 1 N–H and O–H groups in total. The largest absolute Gasteiger partial charge is 0.389 e. The van der Waals surface area contributed by atoms with E-state index in [1.54, 1.807) is 19.1 Å². The van der Waals surface area contributed by atoms with Crippen LogP contribution in [0.1, 0.15) is 18.6 Å². The molecule has 0 aliphatic rings. The predicted octanol–water partition coefficient (Wildman–Crippen LogP) is 5.20. The van der Waals surface area contributed by atoms with Crippen LogP contribution in [0.2, 0.25) is 10.0 Å². The average molecular weight is 299 g/mol. The third-order valence-corrected chi connectivity index (χ3v) is 4.31. The van der Waals surface area contributed by atoms with Crippen LogP contribution < -0.4 is 0 Å². The molecule has 2 rings (SSSR count). The summed E-state index contributed by atoms with van der Waals surface area (Å²) in [4.78, 5) is 1.87. The Hall–Kier alpha value is -0.670. The third kappa shape index (κ3) is 3.21. The summed E-state index contributed by atoms with van der Waals surface area (Å²) in [5, 5.41) is 11.0. The van der Waals surface area contributed by atoms with Gasteiger partial charge in [-0.3, -0.25) is 0 Å². The van der Waals surface area contributed by atoms with E-state index in [1.165, 1.54) is 11.8 Å². The second kappa shape index (κ2) is 5.98. The second-order valence-corrected chi connectivity index (χ2v) is 5.82. The molecule has 0 radical (unpaired) electrons. The molecule has 1 nitrogen and oxygen atoms in total. The Labute approximate surface area is 121 Å². The minimum absolute atomic E-state index is 0.508. The van der Waals surface area contributed by atoms with E-state index >= 15 is 0 Å². The van der Waals surface area contributed by atoms with Crippen molar-refractivity contribution in [2.24, 2.45) is 0 Å². The first-order valence-corrected chi connectivity index (χ1v) is 7.05. The number of halogens is 2. The molecule has 0 unspecified atom stereocenters. The average Bonchev–Trinajstić information content (AvgIpc) is 2.34. The van der Waals surface area contributed by atoms with Crippen molar-refractivity contribution in [3.63, 3.8) is 0 Å². The first-order chi connectivity index (χ1) is 8.58. The molecule has 0 aromatic heterocycles. The van der Waals surface area contributed by atoms with Crippen molar-refractivity contribution in [3.8, 4) is 0 Å². The number of aliphatic hydroxyl groups excluding tert-OH is 1. The quantitative estimate of drug-likeness (QED) is 0.840. The highest BCUT2D eigenvalue weighted by Gasteiger charge is 2.10. The number of hydrogen-bond donors (Lipinski definition) is 1. The summed E-state index contributed by atoms with van der Waals surface area (Å²) in [5.41, 5.74) is 0.888. The molecule has 4 heteroatoms. The molecule has 0 spiro atoms. The summed E-state index contributed by atoms with van der Waals surface area (Å²) in [6, 6.07) is 13.1. The van der Waals surface area contributed by atoms with Gasteiger partial charge in [-0.15, -0.1) is 0 Å². The highest BCUT2D eigenvalue weighted by molar-refractivity contribution is 7.99. The summed E-state index contributed by atoms with van der Waals surface area (Å²) in [6.07, 6.45) is -0.508. The van der Waals surface area contributed by atoms with Crippen molar-refractivity contribution in [2.45, 2.75) is 22.8 Å². The maximum absolute atomic E-state index is 9.73. The Bertz CT molecular complexity index is 555. The summed E-state index contributed by atoms with van der Waals surface area (Å²) in [6.45, 7) is 1.75. The monoisotopic (exact) mass is 298 g/mol. The minimum Gasteiger partial charge on any atom is -0.389 e. The molecule has 0 saturated carbocycles. The van der Waals surface area contributed by atoms with Gasteiger partial charge in [-0.25, -0.2) is 0 Å². The molecule has 2 aromatic rings. The molecule has 0 bridgehead atoms. The molecular weight excluding hydrogens is 287 g/mol. The van der Waals surface area contributed by atoms with Crippen molar-refractivity contribution in [2.75, 3.05) is 0 Å². The summed E-state index contributed by atoms with van der Waals surface area (Å²) in [5.74, 6) is 0. The molecule has 0 amide bonds. The SMILES string of the molecule is C[C@H](O)c1ccccc1Sc1cc(Cl)ccc1Cl. The Morgan fingerprint density at radius 1 is 1.06 bits per heavy atom. The van der Waals surface area contributed by atoms with Crippen LogP contribution in [0.4, 0.5) is 0 Å². The maximum Gasteiger partial charge on any atom is 0.0772 e. The van der Waals surface area contributed by atoms with Gasteiger partial charge < -0.3 is 5.11 Å². The van der Waals surface area contributed by atoms with Gasteiger partial charge in [-0.05, 0) is 36.8 Å². The van der Waals surface area contributed by atoms with Crippen LogP contribution in [0.25, 0.3) is 0 Å². The third-order valence-electron chi connectivity index (χ3n) is 2.48. The van der Waals surface area contributed by atoms with Crippen molar-refractivity contribution in [3.05, 3.63) is 58.1 Å². The molecule has 0 aliphatic carbocycles. The van der Waals surface area contributed by atoms with Gasteiger partial charge in [-0.1, -0.05) is 53.2 Å². The van der Waals surface area contributed by atoms with Gasteiger partial charge in [0.15, 0.2) is 0 Å². The Morgan fingerprint density at radius 2 is 1.78 bits per heavy atom. The number of benzene rings is 2. The molecule has 18 heavy (non-hydrogen) atoms. The van der Waals surface area contributed by atoms with E-state index in [0.717, 1.165) is 15.4 Å². The molecule has 94 valence electrons. The van der Waals surface area contributed by atoms with Crippen LogP contribution >= 0.6 is 35.0 Å². The number of rotatable bonds is 3. The zero-order valence-corrected chi connectivity index (χ0v) is 12.1. The molecular formula is C14H12Cl2OS. The normalized spacial score (nSPS) is 12.4. The van der Waals surface area contributed by atoms with E-state index in [1.807, 2.05) is 30.3 Å². The zero-order valence-electron chi connectivity index (χ0n) is 9.73. The fraction of sp³-hybridized carbons (Fsp3) is 0.143. The van der Waals surface area contributed by atoms with Crippen LogP contribution in [0.5, 0.6) is 0 Å². The fourth-order valence-electron chi connectivity index (χ4n) is 1.59. The number of aliphatic hydroxyl groups is 1. The van der Waals surface area contributed by atoms with Crippen molar-refractivity contribution in [1.29, 1.82) is 0 Å². The summed E-state index contributed by atoms with van der Waals surface area (Å²) < 4.78 is 0. The van der Waals surface area contributed by atoms with Crippen LogP contribution in [0.15, 0.2) is 52.3 Å². The molecule has 0 fully saturated rings. The molecule has 2 aromatic carbocycles. The van der Waals surface area contributed by atoms with Gasteiger partial charge in [-0.2, -0.15) is 0 Å². The topological polar surface area (TPSA) is 20.2 Å². The van der Waals surface area contributed by atoms with Crippen molar-refractivity contribution >= 4 is 35.0 Å². The molecule has 0 aliphatic heterocycles. The summed E-state index contributed by atoms with van der Waals surface area (Å²) >= 11 is 13.6. The van der Waals surface area contributed by atoms with E-state index in [-0.39, 0.29) is 0 Å². The Morgan fingerprint density at radius 3 is 2.50 bits per heavy atom. The molecule has 0 saturated heterocycles. The lowest BCUT2D eigenvalue weighted by Crippen LogP contribution is -1.93. The van der Waals surface area contributed by atoms with Gasteiger partial charge >= 0.3 is 0 Å². The van der Waals surface area contributed by atoms with Crippen LogP contribution in [0.3, 0.4) is 0 Å². The van der Waals surface area contributed by atoms with Gasteiger partial charge in [0.2, 0.25) is 0 Å². The highest BCUT2D eigenvalue weighted by Crippen LogP contribution is 2.38. The van der Waals surface area contributed by atoms with E-state index in [9.17, 15) is 5.11 Å². The van der Waals surface area contributed by atoms with Crippen molar-refractivity contribution in [1.82, 2.24) is 0 Å². The van der Waals surface area contributed by atoms with Gasteiger partial charge in [0.05, 0.1) is 11.1 Å². The molecule has 1 atom stereocenters. The standard InChI is InChI=1S/C14H12Cl2OS/c1-9(17)11-4-2-3-5-13(11)18-14-8-10(15)6-7-12(14)16/h2-9,17H,1H3/t9-/m0/s1. The van der Waals surface area contributed by atoms with E-state index < -0.39 is 6.10 Å². The lowest BCUT2D eigenvalue weighted by Gasteiger charge is -2.12. The van der Waals surface area contributed by atoms with Gasteiger partial charge in [0.25, 0.3) is 0 Å². The Balaban J connectivity index is 2.37. The minimum atomic E-state index is -0.508. The fourth-order valence-corrected chi connectivity index (χ4v) is 3.15. The predicted molar refractivity (Wildman–Crippen MR) is 77.7 cm³/mol. The Kier molecular flexibility index (Phi) is 4.57. The number of hydrogen-bond acceptors (Lipinski definition) is 2. The van der Waals surface area contributed by atoms with Crippen LogP contribution in [0, 0.1) is 0 Å². The van der Waals surface area contributed by atoms with Gasteiger partial charge in [0, 0.05) is 14.8 Å². The zero-order chi connectivity index (χ0) is 13.1. The first kappa shape index (κ1) is 13.8. The van der Waals surface area contributed by atoms with Crippen LogP contribution in [-0.2, 0) is 0 Å². The van der Waals surface area contributed by atoms with E-state index in [2.05, 4.69) is 0 Å². The second-order valence-electron chi connectivity index (χ2n) is 3.89. The highest BCUT2D eigenvalue weighted by atomic mass is 35.5. The van der Waals surface area contributed by atoms with E-state index in [4.69, 9.17) is 23.2 Å². The first-order valence-electron chi connectivity index (χ1n) is 5.48.